The summed E-state index contributed by atoms with van der Waals surface area (Å²) in [4.78, 5) is 12.4. The van der Waals surface area contributed by atoms with Crippen molar-refractivity contribution in [2.24, 2.45) is 0 Å². The van der Waals surface area contributed by atoms with Crippen molar-refractivity contribution >= 4 is 27.3 Å². The number of carbonyl (C=O) groups is 1. The highest BCUT2D eigenvalue weighted by molar-refractivity contribution is 7.92. The largest absolute Gasteiger partial charge is 0.497 e. The molecule has 0 aliphatic carbocycles. The zero-order valence-corrected chi connectivity index (χ0v) is 14.3. The molecule has 0 radical (unpaired) electrons. The number of rotatable bonds is 6. The van der Waals surface area contributed by atoms with Crippen molar-refractivity contribution in [3.8, 4) is 11.5 Å². The Hall–Kier alpha value is -2.74. The topological polar surface area (TPSA) is 93.7 Å². The Morgan fingerprint density at radius 3 is 2.42 bits per heavy atom. The number of carbonyl (C=O) groups excluding carboxylic acids is 1. The molecule has 128 valence electrons. The van der Waals surface area contributed by atoms with Crippen molar-refractivity contribution in [1.29, 1.82) is 0 Å². The summed E-state index contributed by atoms with van der Waals surface area (Å²) in [6, 6.07) is 11.2. The van der Waals surface area contributed by atoms with Crippen molar-refractivity contribution in [1.82, 2.24) is 0 Å². The summed E-state index contributed by atoms with van der Waals surface area (Å²) in [5.74, 6) is 0.645. The van der Waals surface area contributed by atoms with Gasteiger partial charge in [-0.2, -0.15) is 0 Å². The quantitative estimate of drug-likeness (QED) is 0.834. The number of benzene rings is 2. The molecule has 7 nitrogen and oxygen atoms in total. The maximum Gasteiger partial charge on any atom is 0.255 e. The maximum absolute atomic E-state index is 12.4. The van der Waals surface area contributed by atoms with Gasteiger partial charge in [0, 0.05) is 17.3 Å². The van der Waals surface area contributed by atoms with Gasteiger partial charge in [0.05, 0.1) is 26.2 Å². The summed E-state index contributed by atoms with van der Waals surface area (Å²) in [5.41, 5.74) is 1.06. The van der Waals surface area contributed by atoms with Crippen LogP contribution in [-0.2, 0) is 10.0 Å². The lowest BCUT2D eigenvalue weighted by Crippen LogP contribution is -2.14. The minimum absolute atomic E-state index is 0.300. The van der Waals surface area contributed by atoms with Crippen LogP contribution in [0.5, 0.6) is 11.5 Å². The van der Waals surface area contributed by atoms with E-state index in [2.05, 4.69) is 10.0 Å². The Morgan fingerprint density at radius 2 is 1.79 bits per heavy atom. The van der Waals surface area contributed by atoms with Crippen LogP contribution >= 0.6 is 0 Å². The molecule has 0 aliphatic rings. The molecular formula is C16H18N2O5S. The summed E-state index contributed by atoms with van der Waals surface area (Å²) in [7, 11) is -0.401. The van der Waals surface area contributed by atoms with Crippen molar-refractivity contribution in [3.05, 3.63) is 48.0 Å². The molecule has 0 saturated carbocycles. The molecule has 2 N–H and O–H groups in total. The number of hydrogen-bond donors (Lipinski definition) is 2. The summed E-state index contributed by atoms with van der Waals surface area (Å²) in [6.45, 7) is 0. The zero-order chi connectivity index (χ0) is 17.7. The second-order valence-electron chi connectivity index (χ2n) is 4.98. The lowest BCUT2D eigenvalue weighted by Gasteiger charge is -2.12. The molecule has 0 aromatic heterocycles. The Labute approximate surface area is 140 Å². The van der Waals surface area contributed by atoms with Gasteiger partial charge in [0.15, 0.2) is 0 Å². The third kappa shape index (κ3) is 4.63. The fourth-order valence-corrected chi connectivity index (χ4v) is 2.60. The minimum Gasteiger partial charge on any atom is -0.497 e. The first-order valence-corrected chi connectivity index (χ1v) is 8.83. The van der Waals surface area contributed by atoms with Crippen molar-refractivity contribution in [3.63, 3.8) is 0 Å². The van der Waals surface area contributed by atoms with Gasteiger partial charge in [0.25, 0.3) is 5.91 Å². The number of hydrogen-bond acceptors (Lipinski definition) is 5. The highest BCUT2D eigenvalue weighted by Gasteiger charge is 2.12. The molecule has 0 bridgehead atoms. The smallest absolute Gasteiger partial charge is 0.255 e. The van der Waals surface area contributed by atoms with Gasteiger partial charge in [0.1, 0.15) is 11.5 Å². The van der Waals surface area contributed by atoms with Gasteiger partial charge in [-0.1, -0.05) is 6.07 Å². The molecule has 0 atom stereocenters. The van der Waals surface area contributed by atoms with Gasteiger partial charge >= 0.3 is 0 Å². The van der Waals surface area contributed by atoms with E-state index in [-0.39, 0.29) is 0 Å². The van der Waals surface area contributed by atoms with Crippen molar-refractivity contribution in [2.75, 3.05) is 30.5 Å². The summed E-state index contributed by atoms with van der Waals surface area (Å²) < 4.78 is 35.2. The minimum atomic E-state index is -3.42. The van der Waals surface area contributed by atoms with Crippen LogP contribution in [0.25, 0.3) is 0 Å². The van der Waals surface area contributed by atoms with Crippen LogP contribution in [0.3, 0.4) is 0 Å². The predicted octanol–water partition coefficient (Wildman–Crippen LogP) is 2.33. The highest BCUT2D eigenvalue weighted by atomic mass is 32.2. The normalized spacial score (nSPS) is 10.8. The average molecular weight is 350 g/mol. The standard InChI is InChI=1S/C16H18N2O5S/c1-22-13-7-8-15(23-2)14(10-13)17-16(19)11-5-4-6-12(9-11)18-24(3,20)21/h4-10,18H,1-3H3,(H,17,19). The van der Waals surface area contributed by atoms with Gasteiger partial charge in [0.2, 0.25) is 10.0 Å². The maximum atomic E-state index is 12.4. The number of anilines is 2. The SMILES string of the molecule is COc1ccc(OC)c(NC(=O)c2cccc(NS(C)(=O)=O)c2)c1. The van der Waals surface area contributed by atoms with Gasteiger partial charge in [-0.3, -0.25) is 9.52 Å². The molecule has 0 fully saturated rings. The van der Waals surface area contributed by atoms with E-state index >= 15 is 0 Å². The zero-order valence-electron chi connectivity index (χ0n) is 13.5. The summed E-state index contributed by atoms with van der Waals surface area (Å²) in [6.07, 6.45) is 1.04. The molecule has 0 unspecified atom stereocenters. The van der Waals surface area contributed by atoms with Crippen LogP contribution in [0.1, 0.15) is 10.4 Å². The molecule has 8 heteroatoms. The van der Waals surface area contributed by atoms with Gasteiger partial charge < -0.3 is 14.8 Å². The molecule has 1 amide bonds. The van der Waals surface area contributed by atoms with E-state index in [1.165, 1.54) is 20.3 Å². The molecule has 2 aromatic rings. The first-order chi connectivity index (χ1) is 11.3. The Morgan fingerprint density at radius 1 is 1.04 bits per heavy atom. The summed E-state index contributed by atoms with van der Waals surface area (Å²) in [5, 5.41) is 2.72. The first kappa shape index (κ1) is 17.6. The number of ether oxygens (including phenoxy) is 2. The molecule has 0 aliphatic heterocycles. The van der Waals surface area contributed by atoms with Crippen molar-refractivity contribution in [2.45, 2.75) is 0 Å². The molecule has 0 saturated heterocycles. The number of nitrogens with one attached hydrogen (secondary N) is 2. The summed E-state index contributed by atoms with van der Waals surface area (Å²) >= 11 is 0. The predicted molar refractivity (Wildman–Crippen MR) is 92.4 cm³/mol. The van der Waals surface area contributed by atoms with E-state index < -0.39 is 15.9 Å². The second kappa shape index (κ2) is 7.22. The van der Waals surface area contributed by atoms with E-state index in [0.717, 1.165) is 6.26 Å². The lowest BCUT2D eigenvalue weighted by molar-refractivity contribution is 0.102. The Bertz CT molecular complexity index is 849. The third-order valence-electron chi connectivity index (χ3n) is 3.08. The van der Waals surface area contributed by atoms with Gasteiger partial charge in [-0.05, 0) is 30.3 Å². The Kier molecular flexibility index (Phi) is 5.30. The third-order valence-corrected chi connectivity index (χ3v) is 3.69. The van der Waals surface area contributed by atoms with Gasteiger partial charge in [-0.25, -0.2) is 8.42 Å². The lowest BCUT2D eigenvalue weighted by atomic mass is 10.2. The van der Waals surface area contributed by atoms with Crippen LogP contribution in [-0.4, -0.2) is 34.8 Å². The monoisotopic (exact) mass is 350 g/mol. The number of methoxy groups -OCH3 is 2. The van der Waals surface area contributed by atoms with Crippen LogP contribution in [0.2, 0.25) is 0 Å². The highest BCUT2D eigenvalue weighted by Crippen LogP contribution is 2.29. The van der Waals surface area contributed by atoms with Gasteiger partial charge in [-0.15, -0.1) is 0 Å². The first-order valence-electron chi connectivity index (χ1n) is 6.93. The second-order valence-corrected chi connectivity index (χ2v) is 6.72. The van der Waals surface area contributed by atoms with Crippen LogP contribution in [0.15, 0.2) is 42.5 Å². The van der Waals surface area contributed by atoms with Crippen LogP contribution in [0, 0.1) is 0 Å². The van der Waals surface area contributed by atoms with E-state index in [0.29, 0.717) is 28.4 Å². The number of sulfonamides is 1. The van der Waals surface area contributed by atoms with E-state index in [4.69, 9.17) is 9.47 Å². The molecule has 0 heterocycles. The molecule has 2 aromatic carbocycles. The van der Waals surface area contributed by atoms with E-state index in [1.54, 1.807) is 36.4 Å². The fraction of sp³-hybridized carbons (Fsp3) is 0.188. The van der Waals surface area contributed by atoms with Crippen molar-refractivity contribution < 1.29 is 22.7 Å². The fourth-order valence-electron chi connectivity index (χ4n) is 2.04. The van der Waals surface area contributed by atoms with E-state index in [9.17, 15) is 13.2 Å². The number of amides is 1. The van der Waals surface area contributed by atoms with E-state index in [1.807, 2.05) is 0 Å². The Balaban J connectivity index is 2.26. The molecule has 2 rings (SSSR count). The van der Waals surface area contributed by atoms with Crippen LogP contribution < -0.4 is 19.5 Å². The van der Waals surface area contributed by atoms with Crippen LogP contribution in [0.4, 0.5) is 11.4 Å². The molecular weight excluding hydrogens is 332 g/mol. The molecule has 24 heavy (non-hydrogen) atoms. The molecule has 0 spiro atoms. The average Bonchev–Trinajstić information content (AvgIpc) is 2.53.